The number of aromatic nitrogens is 3. The minimum Gasteiger partial charge on any atom is -0.362 e. The fourth-order valence-corrected chi connectivity index (χ4v) is 5.68. The van der Waals surface area contributed by atoms with Gasteiger partial charge in [-0.1, -0.05) is 44.2 Å². The lowest BCUT2D eigenvalue weighted by atomic mass is 9.58. The molecule has 0 amide bonds. The van der Waals surface area contributed by atoms with Gasteiger partial charge in [0.2, 0.25) is 0 Å². The Labute approximate surface area is 182 Å². The Morgan fingerprint density at radius 2 is 2.06 bits per heavy atom. The number of fused-ring (bicyclic) bond motifs is 1. The molecule has 0 saturated heterocycles. The lowest BCUT2D eigenvalue weighted by Gasteiger charge is -2.47. The highest BCUT2D eigenvalue weighted by Crippen LogP contribution is 2.54. The molecule has 2 unspecified atom stereocenters. The second-order valence-corrected chi connectivity index (χ2v) is 9.64. The smallest absolute Gasteiger partial charge is 0.164 e. The Balaban J connectivity index is 1.76. The first-order valence-electron chi connectivity index (χ1n) is 10.9. The van der Waals surface area contributed by atoms with Crippen molar-refractivity contribution in [3.8, 4) is 11.3 Å². The normalized spacial score (nSPS) is 26.4. The van der Waals surface area contributed by atoms with Crippen LogP contribution in [0.2, 0.25) is 0 Å². The van der Waals surface area contributed by atoms with Gasteiger partial charge >= 0.3 is 0 Å². The molecule has 1 N–H and O–H groups in total. The summed E-state index contributed by atoms with van der Waals surface area (Å²) in [7, 11) is 1.91. The summed E-state index contributed by atoms with van der Waals surface area (Å²) in [6, 6.07) is 8.46. The Morgan fingerprint density at radius 1 is 1.26 bits per heavy atom. The maximum Gasteiger partial charge on any atom is 0.164 e. The van der Waals surface area contributed by atoms with Gasteiger partial charge in [0.25, 0.3) is 0 Å². The minimum absolute atomic E-state index is 0.0707. The third-order valence-electron chi connectivity index (χ3n) is 6.93. The predicted octanol–water partition coefficient (Wildman–Crippen LogP) is 4.36. The lowest BCUT2D eigenvalue weighted by Crippen LogP contribution is -2.51. The molecule has 2 aromatic rings. The zero-order valence-electron chi connectivity index (χ0n) is 18.7. The largest absolute Gasteiger partial charge is 0.362 e. The zero-order chi connectivity index (χ0) is 22.0. The van der Waals surface area contributed by atoms with Crippen LogP contribution in [0, 0.1) is 12.3 Å². The summed E-state index contributed by atoms with van der Waals surface area (Å²) < 4.78 is 1.80. The quantitative estimate of drug-likeness (QED) is 0.806. The number of nitrogens with zero attached hydrogens (tertiary/aromatic N) is 5. The summed E-state index contributed by atoms with van der Waals surface area (Å²) in [5, 5.41) is 20.6. The SMILES string of the molecule is CCC1(c2cccc(-c3c(C)nnn3C)c2)C2=CN=NC2NC2=C1C(=O)CC(C)(C)C2. The number of aryl methyl sites for hydroxylation is 2. The molecule has 160 valence electrons. The number of nitrogens with one attached hydrogen (secondary N) is 1. The maximum absolute atomic E-state index is 13.6. The van der Waals surface area contributed by atoms with Gasteiger partial charge in [0.15, 0.2) is 11.9 Å². The van der Waals surface area contributed by atoms with Crippen LogP contribution >= 0.6 is 0 Å². The lowest BCUT2D eigenvalue weighted by molar-refractivity contribution is -0.119. The average molecular weight is 417 g/mol. The van der Waals surface area contributed by atoms with Gasteiger partial charge in [-0.15, -0.1) is 5.10 Å². The van der Waals surface area contributed by atoms with Crippen LogP contribution in [-0.2, 0) is 17.3 Å². The van der Waals surface area contributed by atoms with E-state index in [4.69, 9.17) is 0 Å². The van der Waals surface area contributed by atoms with Crippen LogP contribution in [-0.4, -0.2) is 26.9 Å². The average Bonchev–Trinajstić information content (AvgIpc) is 3.31. The molecular formula is C24H28N6O. The molecule has 7 nitrogen and oxygen atoms in total. The van der Waals surface area contributed by atoms with Gasteiger partial charge < -0.3 is 5.32 Å². The van der Waals surface area contributed by atoms with Crippen LogP contribution < -0.4 is 5.32 Å². The highest BCUT2D eigenvalue weighted by molar-refractivity contribution is 6.01. The van der Waals surface area contributed by atoms with E-state index in [-0.39, 0.29) is 17.4 Å². The van der Waals surface area contributed by atoms with E-state index in [1.165, 1.54) is 0 Å². The van der Waals surface area contributed by atoms with E-state index < -0.39 is 5.41 Å². The number of azo groups is 1. The van der Waals surface area contributed by atoms with Crippen molar-refractivity contribution < 1.29 is 4.79 Å². The van der Waals surface area contributed by atoms with E-state index in [2.05, 4.69) is 70.9 Å². The van der Waals surface area contributed by atoms with Crippen LogP contribution in [0.5, 0.6) is 0 Å². The Morgan fingerprint density at radius 3 is 2.77 bits per heavy atom. The molecule has 2 aliphatic heterocycles. The van der Waals surface area contributed by atoms with E-state index in [0.29, 0.717) is 6.42 Å². The highest BCUT2D eigenvalue weighted by Gasteiger charge is 2.53. The molecule has 3 heterocycles. The molecule has 1 aliphatic carbocycles. The summed E-state index contributed by atoms with van der Waals surface area (Å²) in [5.74, 6) is 0.218. The minimum atomic E-state index is -0.543. The van der Waals surface area contributed by atoms with Crippen LogP contribution in [0.3, 0.4) is 0 Å². The van der Waals surface area contributed by atoms with Crippen LogP contribution in [0.15, 0.2) is 57.5 Å². The van der Waals surface area contributed by atoms with Gasteiger partial charge in [-0.05, 0) is 36.8 Å². The molecular weight excluding hydrogens is 388 g/mol. The van der Waals surface area contributed by atoms with E-state index >= 15 is 0 Å². The molecule has 0 radical (unpaired) electrons. The van der Waals surface area contributed by atoms with Crippen molar-refractivity contribution in [3.05, 3.63) is 58.6 Å². The number of benzene rings is 1. The predicted molar refractivity (Wildman–Crippen MR) is 118 cm³/mol. The molecule has 0 fully saturated rings. The van der Waals surface area contributed by atoms with Gasteiger partial charge in [0.05, 0.1) is 23.0 Å². The van der Waals surface area contributed by atoms with Crippen LogP contribution in [0.4, 0.5) is 0 Å². The monoisotopic (exact) mass is 416 g/mol. The number of Topliss-reactive ketones (excluding diaryl/α,β-unsaturated/α-hetero) is 1. The second-order valence-electron chi connectivity index (χ2n) is 9.64. The molecule has 3 aliphatic rings. The van der Waals surface area contributed by atoms with E-state index in [9.17, 15) is 4.79 Å². The van der Waals surface area contributed by atoms with Gasteiger partial charge in [-0.3, -0.25) is 4.79 Å². The number of ketones is 1. The number of rotatable bonds is 3. The molecule has 2 atom stereocenters. The molecule has 0 spiro atoms. The van der Waals surface area contributed by atoms with Crippen LogP contribution in [0.25, 0.3) is 11.3 Å². The fraction of sp³-hybridized carbons (Fsp3) is 0.458. The zero-order valence-corrected chi connectivity index (χ0v) is 18.7. The molecule has 5 rings (SSSR count). The third kappa shape index (κ3) is 2.82. The van der Waals surface area contributed by atoms with Gasteiger partial charge in [-0.2, -0.15) is 10.2 Å². The van der Waals surface area contributed by atoms with E-state index in [1.807, 2.05) is 20.2 Å². The van der Waals surface area contributed by atoms with Crippen molar-refractivity contribution in [3.63, 3.8) is 0 Å². The maximum atomic E-state index is 13.6. The summed E-state index contributed by atoms with van der Waals surface area (Å²) in [4.78, 5) is 13.6. The molecule has 31 heavy (non-hydrogen) atoms. The van der Waals surface area contributed by atoms with Crippen molar-refractivity contribution in [2.24, 2.45) is 22.7 Å². The molecule has 1 aromatic carbocycles. The Kier molecular flexibility index (Phi) is 4.29. The summed E-state index contributed by atoms with van der Waals surface area (Å²) in [5.41, 5.74) is 6.36. The number of hydrogen-bond acceptors (Lipinski definition) is 6. The number of carbonyl (C=O) groups excluding carboxylic acids is 1. The van der Waals surface area contributed by atoms with E-state index in [0.717, 1.165) is 52.2 Å². The summed E-state index contributed by atoms with van der Waals surface area (Å²) in [6.45, 7) is 8.44. The van der Waals surface area contributed by atoms with Gasteiger partial charge in [0.1, 0.15) is 0 Å². The van der Waals surface area contributed by atoms with Gasteiger partial charge in [-0.25, -0.2) is 4.68 Å². The molecule has 7 heteroatoms. The summed E-state index contributed by atoms with van der Waals surface area (Å²) >= 11 is 0. The number of hydrogen-bond donors (Lipinski definition) is 1. The van der Waals surface area contributed by atoms with Crippen LogP contribution in [0.1, 0.15) is 51.3 Å². The molecule has 0 bridgehead atoms. The molecule has 0 saturated carbocycles. The third-order valence-corrected chi connectivity index (χ3v) is 6.93. The van der Waals surface area contributed by atoms with Crippen molar-refractivity contribution in [1.29, 1.82) is 0 Å². The van der Waals surface area contributed by atoms with Crippen molar-refractivity contribution in [1.82, 2.24) is 20.3 Å². The first kappa shape index (κ1) is 19.8. The van der Waals surface area contributed by atoms with E-state index in [1.54, 1.807) is 4.68 Å². The first-order chi connectivity index (χ1) is 14.8. The molecule has 1 aromatic heterocycles. The number of carbonyl (C=O) groups is 1. The number of allylic oxidation sites excluding steroid dienone is 2. The topological polar surface area (TPSA) is 84.5 Å². The summed E-state index contributed by atoms with van der Waals surface area (Å²) in [6.07, 6.45) is 3.77. The Hall–Kier alpha value is -3.09. The Bertz CT molecular complexity index is 1160. The van der Waals surface area contributed by atoms with Crippen molar-refractivity contribution in [2.75, 3.05) is 0 Å². The second kappa shape index (κ2) is 6.70. The fourth-order valence-electron chi connectivity index (χ4n) is 5.68. The first-order valence-corrected chi connectivity index (χ1v) is 10.9. The van der Waals surface area contributed by atoms with Gasteiger partial charge in [0, 0.05) is 35.9 Å². The standard InChI is InChI=1S/C24H28N6O/c1-6-24(16-9-7-8-15(10-16)21-14(2)27-29-30(21)5)17-13-25-28-22(17)26-18-11-23(3,4)12-19(31)20(18)24/h7-10,13,22,26H,6,11-12H2,1-5H3. The van der Waals surface area contributed by atoms with Crippen molar-refractivity contribution in [2.45, 2.75) is 58.5 Å². The van der Waals surface area contributed by atoms with Crippen molar-refractivity contribution >= 4 is 5.78 Å². The highest BCUT2D eigenvalue weighted by atomic mass is 16.1.